The van der Waals surface area contributed by atoms with E-state index in [1.807, 2.05) is 30.3 Å². The molecule has 3 atom stereocenters. The fraction of sp³-hybridized carbons (Fsp3) is 0.500. The lowest BCUT2D eigenvalue weighted by atomic mass is 10.1. The zero-order chi connectivity index (χ0) is 9.97. The maximum Gasteiger partial charge on any atom is 0.184 e. The summed E-state index contributed by atoms with van der Waals surface area (Å²) in [6, 6.07) is 10.1. The lowest BCUT2D eigenvalue weighted by Gasteiger charge is -2.32. The molecule has 2 nitrogen and oxygen atoms in total. The van der Waals surface area contributed by atoms with Crippen molar-refractivity contribution in [2.75, 3.05) is 0 Å². The Kier molecular flexibility index (Phi) is 2.85. The summed E-state index contributed by atoms with van der Waals surface area (Å²) in [6.45, 7) is 4.18. The van der Waals surface area contributed by atoms with Gasteiger partial charge in [0.1, 0.15) is 0 Å². The molecule has 1 fully saturated rings. The highest BCUT2D eigenvalue weighted by Crippen LogP contribution is 2.28. The van der Waals surface area contributed by atoms with Crippen molar-refractivity contribution >= 4 is 0 Å². The van der Waals surface area contributed by atoms with E-state index in [4.69, 9.17) is 9.47 Å². The van der Waals surface area contributed by atoms with Crippen LogP contribution in [0.2, 0.25) is 0 Å². The highest BCUT2D eigenvalue weighted by Gasteiger charge is 2.25. The van der Waals surface area contributed by atoms with Crippen LogP contribution < -0.4 is 0 Å². The summed E-state index contributed by atoms with van der Waals surface area (Å²) >= 11 is 0. The van der Waals surface area contributed by atoms with Gasteiger partial charge in [0, 0.05) is 5.56 Å². The van der Waals surface area contributed by atoms with Crippen LogP contribution in [0.15, 0.2) is 30.3 Å². The van der Waals surface area contributed by atoms with Crippen LogP contribution in [0.5, 0.6) is 0 Å². The molecule has 1 unspecified atom stereocenters. The molecule has 76 valence electrons. The largest absolute Gasteiger partial charge is 0.345 e. The van der Waals surface area contributed by atoms with Gasteiger partial charge in [-0.2, -0.15) is 0 Å². The monoisotopic (exact) mass is 192 g/mol. The van der Waals surface area contributed by atoms with Crippen LogP contribution in [-0.2, 0) is 9.47 Å². The van der Waals surface area contributed by atoms with Crippen molar-refractivity contribution in [2.24, 2.45) is 0 Å². The van der Waals surface area contributed by atoms with E-state index in [-0.39, 0.29) is 18.5 Å². The molecule has 0 amide bonds. The molecule has 0 N–H and O–H groups in total. The molecule has 1 aliphatic heterocycles. The first-order chi connectivity index (χ1) is 6.75. The lowest BCUT2D eigenvalue weighted by molar-refractivity contribution is -0.239. The quantitative estimate of drug-likeness (QED) is 0.681. The van der Waals surface area contributed by atoms with Crippen molar-refractivity contribution in [2.45, 2.75) is 38.8 Å². The second-order valence-electron chi connectivity index (χ2n) is 3.87. The Morgan fingerprint density at radius 1 is 1.00 bits per heavy atom. The molecule has 1 aliphatic rings. The van der Waals surface area contributed by atoms with Crippen LogP contribution in [-0.4, -0.2) is 12.2 Å². The first kappa shape index (κ1) is 9.69. The molecular formula is C12H16O2. The fourth-order valence-corrected chi connectivity index (χ4v) is 1.80. The summed E-state index contributed by atoms with van der Waals surface area (Å²) in [4.78, 5) is 0. The van der Waals surface area contributed by atoms with E-state index in [1.54, 1.807) is 0 Å². The van der Waals surface area contributed by atoms with E-state index in [0.29, 0.717) is 0 Å². The third-order valence-corrected chi connectivity index (χ3v) is 2.45. The van der Waals surface area contributed by atoms with Crippen LogP contribution in [0.25, 0.3) is 0 Å². The second kappa shape index (κ2) is 4.11. The van der Waals surface area contributed by atoms with Crippen LogP contribution in [0.1, 0.15) is 32.1 Å². The van der Waals surface area contributed by atoms with Crippen molar-refractivity contribution < 1.29 is 9.47 Å². The molecule has 0 radical (unpaired) electrons. The van der Waals surface area contributed by atoms with Crippen molar-refractivity contribution in [3.05, 3.63) is 35.9 Å². The molecule has 0 bridgehead atoms. The smallest absolute Gasteiger partial charge is 0.184 e. The van der Waals surface area contributed by atoms with Gasteiger partial charge in [-0.25, -0.2) is 0 Å². The number of hydrogen-bond donors (Lipinski definition) is 0. The minimum atomic E-state index is -0.185. The Balaban J connectivity index is 2.11. The molecule has 0 saturated carbocycles. The topological polar surface area (TPSA) is 18.5 Å². The standard InChI is InChI=1S/C12H16O2/c1-9-8-10(2)14-12(13-9)11-6-4-3-5-7-11/h3-7,9-10,12H,8H2,1-2H3/t9-,10+,12?. The van der Waals surface area contributed by atoms with Crippen molar-refractivity contribution in [1.82, 2.24) is 0 Å². The van der Waals surface area contributed by atoms with Crippen molar-refractivity contribution in [1.29, 1.82) is 0 Å². The van der Waals surface area contributed by atoms with Gasteiger partial charge < -0.3 is 9.47 Å². The summed E-state index contributed by atoms with van der Waals surface area (Å²) in [6.07, 6.45) is 1.35. The summed E-state index contributed by atoms with van der Waals surface area (Å²) in [5.74, 6) is 0. The van der Waals surface area contributed by atoms with Gasteiger partial charge >= 0.3 is 0 Å². The highest BCUT2D eigenvalue weighted by atomic mass is 16.7. The van der Waals surface area contributed by atoms with Crippen LogP contribution in [0.3, 0.4) is 0 Å². The summed E-state index contributed by atoms with van der Waals surface area (Å²) in [7, 11) is 0. The van der Waals surface area contributed by atoms with Gasteiger partial charge in [0.2, 0.25) is 0 Å². The van der Waals surface area contributed by atoms with Crippen molar-refractivity contribution in [3.63, 3.8) is 0 Å². The van der Waals surface area contributed by atoms with Gasteiger partial charge in [0.25, 0.3) is 0 Å². The molecule has 0 aliphatic carbocycles. The molecule has 2 heteroatoms. The maximum atomic E-state index is 5.72. The summed E-state index contributed by atoms with van der Waals surface area (Å²) in [5.41, 5.74) is 1.10. The van der Waals surface area contributed by atoms with Crippen LogP contribution >= 0.6 is 0 Å². The fourth-order valence-electron chi connectivity index (χ4n) is 1.80. The van der Waals surface area contributed by atoms with Gasteiger partial charge in [0.05, 0.1) is 12.2 Å². The van der Waals surface area contributed by atoms with E-state index >= 15 is 0 Å². The number of benzene rings is 1. The number of rotatable bonds is 1. The number of hydrogen-bond acceptors (Lipinski definition) is 2. The summed E-state index contributed by atoms with van der Waals surface area (Å²) < 4.78 is 11.4. The summed E-state index contributed by atoms with van der Waals surface area (Å²) in [5, 5.41) is 0. The molecule has 0 aromatic heterocycles. The lowest BCUT2D eigenvalue weighted by Crippen LogP contribution is -2.30. The average Bonchev–Trinajstić information content (AvgIpc) is 2.18. The molecule has 1 saturated heterocycles. The van der Waals surface area contributed by atoms with Gasteiger partial charge in [-0.3, -0.25) is 0 Å². The zero-order valence-corrected chi connectivity index (χ0v) is 8.64. The Bertz CT molecular complexity index is 274. The molecule has 1 aromatic rings. The minimum Gasteiger partial charge on any atom is -0.345 e. The molecule has 0 spiro atoms. The Hall–Kier alpha value is -0.860. The SMILES string of the molecule is C[C@@H]1C[C@H](C)OC(c2ccccc2)O1. The van der Waals surface area contributed by atoms with Gasteiger partial charge in [0.15, 0.2) is 6.29 Å². The van der Waals surface area contributed by atoms with Crippen molar-refractivity contribution in [3.8, 4) is 0 Å². The predicted molar refractivity (Wildman–Crippen MR) is 54.9 cm³/mol. The van der Waals surface area contributed by atoms with Gasteiger partial charge in [-0.05, 0) is 20.3 Å². The third-order valence-electron chi connectivity index (χ3n) is 2.45. The molecule has 1 heterocycles. The molecule has 1 aromatic carbocycles. The minimum absolute atomic E-state index is 0.185. The molecule has 2 rings (SSSR count). The highest BCUT2D eigenvalue weighted by molar-refractivity contribution is 5.16. The third kappa shape index (κ3) is 2.14. The normalized spacial score (nSPS) is 32.9. The van der Waals surface area contributed by atoms with Gasteiger partial charge in [-0.1, -0.05) is 30.3 Å². The molecule has 14 heavy (non-hydrogen) atoms. The Labute approximate surface area is 84.8 Å². The Morgan fingerprint density at radius 2 is 1.57 bits per heavy atom. The van der Waals surface area contributed by atoms with E-state index in [2.05, 4.69) is 13.8 Å². The van der Waals surface area contributed by atoms with E-state index in [1.165, 1.54) is 0 Å². The van der Waals surface area contributed by atoms with E-state index in [9.17, 15) is 0 Å². The van der Waals surface area contributed by atoms with Crippen LogP contribution in [0, 0.1) is 0 Å². The predicted octanol–water partition coefficient (Wildman–Crippen LogP) is 2.90. The van der Waals surface area contributed by atoms with E-state index in [0.717, 1.165) is 12.0 Å². The maximum absolute atomic E-state index is 5.72. The van der Waals surface area contributed by atoms with Gasteiger partial charge in [-0.15, -0.1) is 0 Å². The first-order valence-corrected chi connectivity index (χ1v) is 5.11. The zero-order valence-electron chi connectivity index (χ0n) is 8.64. The molecular weight excluding hydrogens is 176 g/mol. The van der Waals surface area contributed by atoms with E-state index < -0.39 is 0 Å². The van der Waals surface area contributed by atoms with Crippen LogP contribution in [0.4, 0.5) is 0 Å². The average molecular weight is 192 g/mol. The number of ether oxygens (including phenoxy) is 2. The Morgan fingerprint density at radius 3 is 2.14 bits per heavy atom. The first-order valence-electron chi connectivity index (χ1n) is 5.11. The second-order valence-corrected chi connectivity index (χ2v) is 3.87.